The maximum Gasteiger partial charge on any atom is 0.238 e. The normalized spacial score (nSPS) is 17.9. The van der Waals surface area contributed by atoms with Gasteiger partial charge in [-0.15, -0.1) is 0 Å². The summed E-state index contributed by atoms with van der Waals surface area (Å²) >= 11 is 6.17. The van der Waals surface area contributed by atoms with Crippen LogP contribution in [-0.4, -0.2) is 37.0 Å². The molecule has 0 radical (unpaired) electrons. The average molecular weight is 386 g/mol. The molecule has 1 heterocycles. The predicted octanol–water partition coefficient (Wildman–Crippen LogP) is 4.36. The number of aryl methyl sites for hydroxylation is 1. The Labute approximate surface area is 166 Å². The molecule has 2 aromatic carbocycles. The lowest BCUT2D eigenvalue weighted by Crippen LogP contribution is -2.48. The summed E-state index contributed by atoms with van der Waals surface area (Å²) < 4.78 is 0. The summed E-state index contributed by atoms with van der Waals surface area (Å²) in [5.74, 6) is 0.388. The maximum absolute atomic E-state index is 12.9. The molecule has 1 atom stereocenters. The molecule has 3 rings (SSSR count). The molecule has 2 N–H and O–H groups in total. The number of halogens is 1. The fourth-order valence-electron chi connectivity index (χ4n) is 3.68. The van der Waals surface area contributed by atoms with Gasteiger partial charge in [-0.05, 0) is 41.7 Å². The minimum absolute atomic E-state index is 0.0279. The predicted molar refractivity (Wildman–Crippen MR) is 113 cm³/mol. The van der Waals surface area contributed by atoms with Gasteiger partial charge in [0.15, 0.2) is 0 Å². The molecule has 0 spiro atoms. The number of para-hydroxylation sites is 1. The highest BCUT2D eigenvalue weighted by Crippen LogP contribution is 2.28. The van der Waals surface area contributed by atoms with Gasteiger partial charge in [-0.1, -0.05) is 55.8 Å². The molecule has 5 heteroatoms. The van der Waals surface area contributed by atoms with E-state index in [0.717, 1.165) is 41.5 Å². The zero-order chi connectivity index (χ0) is 19.4. The van der Waals surface area contributed by atoms with E-state index in [0.29, 0.717) is 12.5 Å². The Morgan fingerprint density at radius 1 is 1.30 bits per heavy atom. The summed E-state index contributed by atoms with van der Waals surface area (Å²) in [6.45, 7) is 9.23. The van der Waals surface area contributed by atoms with Crippen molar-refractivity contribution in [3.63, 3.8) is 0 Å². The first kappa shape index (κ1) is 19.9. The van der Waals surface area contributed by atoms with Crippen LogP contribution in [-0.2, 0) is 4.79 Å². The zero-order valence-corrected chi connectivity index (χ0v) is 17.0. The summed E-state index contributed by atoms with van der Waals surface area (Å²) in [6, 6.07) is 14.2. The van der Waals surface area contributed by atoms with Crippen LogP contribution >= 0.6 is 11.6 Å². The SMILES string of the molecule is Cc1cccc(C(C)C)c1NC(=O)CN1CCNCC1c1cccc(Cl)c1. The van der Waals surface area contributed by atoms with Crippen molar-refractivity contribution in [1.82, 2.24) is 10.2 Å². The zero-order valence-electron chi connectivity index (χ0n) is 16.3. The molecular formula is C22H28ClN3O. The van der Waals surface area contributed by atoms with Gasteiger partial charge in [0.25, 0.3) is 0 Å². The molecule has 0 saturated carbocycles. The van der Waals surface area contributed by atoms with E-state index >= 15 is 0 Å². The highest BCUT2D eigenvalue weighted by Gasteiger charge is 2.26. The van der Waals surface area contributed by atoms with Crippen LogP contribution in [0.3, 0.4) is 0 Å². The topological polar surface area (TPSA) is 44.4 Å². The van der Waals surface area contributed by atoms with Crippen molar-refractivity contribution in [2.75, 3.05) is 31.5 Å². The first-order valence-electron chi connectivity index (χ1n) is 9.55. The molecule has 27 heavy (non-hydrogen) atoms. The molecule has 144 valence electrons. The number of carbonyl (C=O) groups excluding carboxylic acids is 1. The number of anilines is 1. The monoisotopic (exact) mass is 385 g/mol. The summed E-state index contributed by atoms with van der Waals surface area (Å²) in [5, 5.41) is 7.31. The molecule has 1 saturated heterocycles. The average Bonchev–Trinajstić information content (AvgIpc) is 2.63. The lowest BCUT2D eigenvalue weighted by Gasteiger charge is -2.36. The number of nitrogens with one attached hydrogen (secondary N) is 2. The van der Waals surface area contributed by atoms with E-state index in [1.165, 1.54) is 5.56 Å². The molecular weight excluding hydrogens is 358 g/mol. The molecule has 1 unspecified atom stereocenters. The smallest absolute Gasteiger partial charge is 0.238 e. The quantitative estimate of drug-likeness (QED) is 0.803. The van der Waals surface area contributed by atoms with Crippen LogP contribution in [0, 0.1) is 6.92 Å². The first-order chi connectivity index (χ1) is 13.0. The van der Waals surface area contributed by atoms with Crippen LogP contribution in [0.5, 0.6) is 0 Å². The Balaban J connectivity index is 1.75. The van der Waals surface area contributed by atoms with Crippen molar-refractivity contribution in [2.45, 2.75) is 32.7 Å². The second-order valence-corrected chi connectivity index (χ2v) is 7.92. The van der Waals surface area contributed by atoms with Crippen molar-refractivity contribution in [1.29, 1.82) is 0 Å². The van der Waals surface area contributed by atoms with Crippen LogP contribution < -0.4 is 10.6 Å². The van der Waals surface area contributed by atoms with Crippen molar-refractivity contribution in [3.05, 3.63) is 64.2 Å². The molecule has 0 aliphatic carbocycles. The molecule has 1 aliphatic rings. The third-order valence-corrected chi connectivity index (χ3v) is 5.36. The fourth-order valence-corrected chi connectivity index (χ4v) is 3.88. The highest BCUT2D eigenvalue weighted by molar-refractivity contribution is 6.30. The van der Waals surface area contributed by atoms with Crippen molar-refractivity contribution >= 4 is 23.2 Å². The molecule has 2 aromatic rings. The maximum atomic E-state index is 12.9. The van der Waals surface area contributed by atoms with Crippen molar-refractivity contribution in [2.24, 2.45) is 0 Å². The largest absolute Gasteiger partial charge is 0.324 e. The van der Waals surface area contributed by atoms with Crippen LogP contribution in [0.15, 0.2) is 42.5 Å². The minimum Gasteiger partial charge on any atom is -0.324 e. The molecule has 4 nitrogen and oxygen atoms in total. The lowest BCUT2D eigenvalue weighted by atomic mass is 9.98. The van der Waals surface area contributed by atoms with Crippen LogP contribution in [0.4, 0.5) is 5.69 Å². The van der Waals surface area contributed by atoms with E-state index in [1.54, 1.807) is 0 Å². The Hall–Kier alpha value is -1.88. The van der Waals surface area contributed by atoms with Crippen LogP contribution in [0.1, 0.15) is 42.5 Å². The summed E-state index contributed by atoms with van der Waals surface area (Å²) in [7, 11) is 0. The number of carbonyl (C=O) groups is 1. The van der Waals surface area contributed by atoms with Crippen LogP contribution in [0.25, 0.3) is 0 Å². The van der Waals surface area contributed by atoms with E-state index in [-0.39, 0.29) is 11.9 Å². The Morgan fingerprint density at radius 2 is 2.07 bits per heavy atom. The Morgan fingerprint density at radius 3 is 2.81 bits per heavy atom. The second-order valence-electron chi connectivity index (χ2n) is 7.49. The second kappa shape index (κ2) is 8.87. The minimum atomic E-state index is 0.0279. The number of rotatable bonds is 5. The summed E-state index contributed by atoms with van der Waals surface area (Å²) in [4.78, 5) is 15.1. The van der Waals surface area contributed by atoms with Gasteiger partial charge in [-0.3, -0.25) is 9.69 Å². The van der Waals surface area contributed by atoms with Crippen LogP contribution in [0.2, 0.25) is 5.02 Å². The van der Waals surface area contributed by atoms with E-state index in [9.17, 15) is 4.79 Å². The fraction of sp³-hybridized carbons (Fsp3) is 0.409. The third-order valence-electron chi connectivity index (χ3n) is 5.13. The standard InChI is InChI=1S/C22H28ClN3O/c1-15(2)19-9-4-6-16(3)22(19)25-21(27)14-26-11-10-24-13-20(26)17-7-5-8-18(23)12-17/h4-9,12,15,20,24H,10-11,13-14H2,1-3H3,(H,25,27). The van der Waals surface area contributed by atoms with Gasteiger partial charge in [-0.2, -0.15) is 0 Å². The lowest BCUT2D eigenvalue weighted by molar-refractivity contribution is -0.118. The Bertz CT molecular complexity index is 806. The van der Waals surface area contributed by atoms with Gasteiger partial charge < -0.3 is 10.6 Å². The molecule has 1 aliphatic heterocycles. The van der Waals surface area contributed by atoms with Gasteiger partial charge in [0.2, 0.25) is 5.91 Å². The van der Waals surface area contributed by atoms with E-state index in [1.807, 2.05) is 37.3 Å². The molecule has 1 fully saturated rings. The number of amides is 1. The van der Waals surface area contributed by atoms with Gasteiger partial charge >= 0.3 is 0 Å². The number of benzene rings is 2. The molecule has 0 aromatic heterocycles. The van der Waals surface area contributed by atoms with Gasteiger partial charge in [0.05, 0.1) is 6.54 Å². The van der Waals surface area contributed by atoms with Gasteiger partial charge in [0, 0.05) is 36.4 Å². The highest BCUT2D eigenvalue weighted by atomic mass is 35.5. The van der Waals surface area contributed by atoms with Crippen molar-refractivity contribution < 1.29 is 4.79 Å². The summed E-state index contributed by atoms with van der Waals surface area (Å²) in [6.07, 6.45) is 0. The van der Waals surface area contributed by atoms with Gasteiger partial charge in [0.1, 0.15) is 0 Å². The number of piperazine rings is 1. The van der Waals surface area contributed by atoms with Gasteiger partial charge in [-0.25, -0.2) is 0 Å². The number of hydrogen-bond acceptors (Lipinski definition) is 3. The number of hydrogen-bond donors (Lipinski definition) is 2. The summed E-state index contributed by atoms with van der Waals surface area (Å²) in [5.41, 5.74) is 4.37. The molecule has 0 bridgehead atoms. The van der Waals surface area contributed by atoms with Crippen molar-refractivity contribution in [3.8, 4) is 0 Å². The Kier molecular flexibility index (Phi) is 6.53. The van der Waals surface area contributed by atoms with E-state index < -0.39 is 0 Å². The van der Waals surface area contributed by atoms with E-state index in [4.69, 9.17) is 11.6 Å². The first-order valence-corrected chi connectivity index (χ1v) is 9.93. The number of nitrogens with zero attached hydrogens (tertiary/aromatic N) is 1. The van der Waals surface area contributed by atoms with E-state index in [2.05, 4.69) is 41.5 Å². The third kappa shape index (κ3) is 4.89. The molecule has 1 amide bonds.